The van der Waals surface area contributed by atoms with E-state index < -0.39 is 0 Å². The number of hydrogen-bond donors (Lipinski definition) is 2. The smallest absolute Gasteiger partial charge is 0.273 e. The van der Waals surface area contributed by atoms with Gasteiger partial charge in [-0.25, -0.2) is 4.98 Å². The number of benzene rings is 2. The molecule has 0 unspecified atom stereocenters. The summed E-state index contributed by atoms with van der Waals surface area (Å²) in [7, 11) is 1.58. The van der Waals surface area contributed by atoms with E-state index >= 15 is 0 Å². The number of nitrogens with one attached hydrogen (secondary N) is 2. The van der Waals surface area contributed by atoms with Crippen LogP contribution in [0.5, 0.6) is 5.75 Å². The van der Waals surface area contributed by atoms with Gasteiger partial charge in [-0.15, -0.1) is 0 Å². The molecule has 178 valence electrons. The number of aryl methyl sites for hydroxylation is 1. The minimum atomic E-state index is -0.353. The number of rotatable bonds is 8. The summed E-state index contributed by atoms with van der Waals surface area (Å²) in [5.41, 5.74) is 1.73. The van der Waals surface area contributed by atoms with E-state index in [-0.39, 0.29) is 48.5 Å². The van der Waals surface area contributed by atoms with Crippen LogP contribution >= 0.6 is 0 Å². The highest BCUT2D eigenvalue weighted by molar-refractivity contribution is 5.91. The molecule has 0 radical (unpaired) electrons. The van der Waals surface area contributed by atoms with Gasteiger partial charge in [-0.1, -0.05) is 31.4 Å². The van der Waals surface area contributed by atoms with Gasteiger partial charge in [0.1, 0.15) is 18.0 Å². The molecule has 8 nitrogen and oxygen atoms in total. The Morgan fingerprint density at radius 1 is 1.03 bits per heavy atom. The predicted octanol–water partition coefficient (Wildman–Crippen LogP) is 3.43. The Balaban J connectivity index is 1.49. The Morgan fingerprint density at radius 2 is 1.76 bits per heavy atom. The second-order valence-electron chi connectivity index (χ2n) is 8.62. The summed E-state index contributed by atoms with van der Waals surface area (Å²) in [5.74, 6) is 0.293. The summed E-state index contributed by atoms with van der Waals surface area (Å²) in [5, 5.41) is 5.89. The number of ether oxygens (including phenoxy) is 1. The van der Waals surface area contributed by atoms with Crippen LogP contribution in [0.15, 0.2) is 53.3 Å². The second kappa shape index (κ2) is 11.0. The lowest BCUT2D eigenvalue weighted by atomic mass is 9.95. The zero-order chi connectivity index (χ0) is 23.9. The van der Waals surface area contributed by atoms with E-state index in [9.17, 15) is 14.4 Å². The first-order valence-electron chi connectivity index (χ1n) is 11.7. The predicted molar refractivity (Wildman–Crippen MR) is 131 cm³/mol. The van der Waals surface area contributed by atoms with E-state index in [1.54, 1.807) is 49.6 Å². The van der Waals surface area contributed by atoms with Crippen LogP contribution in [0.2, 0.25) is 0 Å². The van der Waals surface area contributed by atoms with Gasteiger partial charge in [0.15, 0.2) is 0 Å². The zero-order valence-electron chi connectivity index (χ0n) is 19.4. The lowest BCUT2D eigenvalue weighted by Crippen LogP contribution is -2.37. The molecule has 2 N–H and O–H groups in total. The van der Waals surface area contributed by atoms with Crippen molar-refractivity contribution in [3.63, 3.8) is 0 Å². The number of fused-ring (bicyclic) bond motifs is 1. The Hall–Kier alpha value is -3.68. The third kappa shape index (κ3) is 5.81. The van der Waals surface area contributed by atoms with Crippen LogP contribution in [0, 0.1) is 0 Å². The van der Waals surface area contributed by atoms with Crippen LogP contribution in [-0.2, 0) is 22.6 Å². The first-order chi connectivity index (χ1) is 16.5. The fourth-order valence-electron chi connectivity index (χ4n) is 4.36. The molecule has 0 spiro atoms. The van der Waals surface area contributed by atoms with Crippen LogP contribution in [0.25, 0.3) is 11.0 Å². The minimum Gasteiger partial charge on any atom is -0.497 e. The first-order valence-corrected chi connectivity index (χ1v) is 11.7. The molecule has 1 heterocycles. The maximum atomic E-state index is 13.2. The number of anilines is 1. The maximum Gasteiger partial charge on any atom is 0.273 e. The topological polar surface area (TPSA) is 102 Å². The molecule has 34 heavy (non-hydrogen) atoms. The van der Waals surface area contributed by atoms with Crippen LogP contribution in [-0.4, -0.2) is 34.5 Å². The fraction of sp³-hybridized carbons (Fsp3) is 0.385. The number of aromatic nitrogens is 2. The molecule has 8 heteroatoms. The highest BCUT2D eigenvalue weighted by atomic mass is 16.5. The van der Waals surface area contributed by atoms with Crippen molar-refractivity contribution in [1.29, 1.82) is 0 Å². The monoisotopic (exact) mass is 462 g/mol. The van der Waals surface area contributed by atoms with Gasteiger partial charge in [0.25, 0.3) is 5.56 Å². The lowest BCUT2D eigenvalue weighted by Gasteiger charge is -2.22. The number of para-hydroxylation sites is 2. The molecule has 2 aromatic carbocycles. The van der Waals surface area contributed by atoms with Gasteiger partial charge in [-0.05, 0) is 49.2 Å². The van der Waals surface area contributed by atoms with E-state index in [1.165, 1.54) is 11.0 Å². The molecule has 2 amide bonds. The molecule has 1 fully saturated rings. The van der Waals surface area contributed by atoms with E-state index in [0.717, 1.165) is 25.7 Å². The molecule has 1 aliphatic carbocycles. The van der Waals surface area contributed by atoms with E-state index in [2.05, 4.69) is 15.6 Å². The molecule has 0 atom stereocenters. The SMILES string of the molecule is COc1ccc(NC(=O)Cn2c(=O)c(CCC(=O)NC3CCCCC3)nc3ccccc32)cc1. The van der Waals surface area contributed by atoms with Crippen molar-refractivity contribution in [3.8, 4) is 5.75 Å². The summed E-state index contributed by atoms with van der Waals surface area (Å²) in [6.45, 7) is -0.158. The number of hydrogen-bond acceptors (Lipinski definition) is 5. The summed E-state index contributed by atoms with van der Waals surface area (Å²) in [6.07, 6.45) is 5.93. The molecule has 3 aromatic rings. The van der Waals surface area contributed by atoms with Gasteiger partial charge in [0.05, 0.1) is 18.1 Å². The molecule has 1 aromatic heterocycles. The molecular weight excluding hydrogens is 432 g/mol. The summed E-state index contributed by atoms with van der Waals surface area (Å²) in [4.78, 5) is 42.9. The fourth-order valence-corrected chi connectivity index (χ4v) is 4.36. The summed E-state index contributed by atoms with van der Waals surface area (Å²) in [6, 6.07) is 14.4. The average molecular weight is 463 g/mol. The molecule has 4 rings (SSSR count). The Bertz CT molecular complexity index is 1210. The van der Waals surface area contributed by atoms with Gasteiger partial charge in [-0.3, -0.25) is 19.0 Å². The van der Waals surface area contributed by atoms with Crippen LogP contribution < -0.4 is 20.9 Å². The molecular formula is C26H30N4O4. The summed E-state index contributed by atoms with van der Waals surface area (Å²) < 4.78 is 6.56. The van der Waals surface area contributed by atoms with Crippen molar-refractivity contribution in [1.82, 2.24) is 14.9 Å². The van der Waals surface area contributed by atoms with Crippen LogP contribution in [0.3, 0.4) is 0 Å². The molecule has 1 aliphatic rings. The number of nitrogens with zero attached hydrogens (tertiary/aromatic N) is 2. The third-order valence-electron chi connectivity index (χ3n) is 6.15. The molecule has 0 aliphatic heterocycles. The first kappa shape index (κ1) is 23.5. The molecule has 1 saturated carbocycles. The van der Waals surface area contributed by atoms with Gasteiger partial charge in [0, 0.05) is 24.6 Å². The molecule has 0 saturated heterocycles. The lowest BCUT2D eigenvalue weighted by molar-refractivity contribution is -0.122. The van der Waals surface area contributed by atoms with Crippen LogP contribution in [0.1, 0.15) is 44.2 Å². The van der Waals surface area contributed by atoms with Gasteiger partial charge in [0.2, 0.25) is 11.8 Å². The minimum absolute atomic E-state index is 0.0648. The van der Waals surface area contributed by atoms with Crippen molar-refractivity contribution in [2.75, 3.05) is 12.4 Å². The van der Waals surface area contributed by atoms with E-state index in [0.29, 0.717) is 22.5 Å². The Kier molecular flexibility index (Phi) is 7.57. The quantitative estimate of drug-likeness (QED) is 0.534. The van der Waals surface area contributed by atoms with Gasteiger partial charge >= 0.3 is 0 Å². The van der Waals surface area contributed by atoms with Crippen molar-refractivity contribution in [2.45, 2.75) is 57.5 Å². The highest BCUT2D eigenvalue weighted by Gasteiger charge is 2.18. The summed E-state index contributed by atoms with van der Waals surface area (Å²) >= 11 is 0. The number of carbonyl (C=O) groups is 2. The maximum absolute atomic E-state index is 13.2. The van der Waals surface area contributed by atoms with Gasteiger partial charge < -0.3 is 15.4 Å². The van der Waals surface area contributed by atoms with Crippen molar-refractivity contribution in [2.24, 2.45) is 0 Å². The van der Waals surface area contributed by atoms with Crippen molar-refractivity contribution < 1.29 is 14.3 Å². The largest absolute Gasteiger partial charge is 0.497 e. The standard InChI is InChI=1S/C26H30N4O4/c1-34-20-13-11-19(12-14-20)28-25(32)17-30-23-10-6-5-9-21(23)29-22(26(30)33)15-16-24(31)27-18-7-3-2-4-8-18/h5-6,9-14,18H,2-4,7-8,15-17H2,1H3,(H,27,31)(H,28,32). The zero-order valence-corrected chi connectivity index (χ0v) is 19.4. The van der Waals surface area contributed by atoms with E-state index in [1.807, 2.05) is 6.07 Å². The third-order valence-corrected chi connectivity index (χ3v) is 6.15. The van der Waals surface area contributed by atoms with Crippen LogP contribution in [0.4, 0.5) is 5.69 Å². The molecule has 0 bridgehead atoms. The number of carbonyl (C=O) groups excluding carboxylic acids is 2. The Labute approximate surface area is 198 Å². The average Bonchev–Trinajstić information content (AvgIpc) is 2.86. The van der Waals surface area contributed by atoms with E-state index in [4.69, 9.17) is 4.74 Å². The number of amides is 2. The van der Waals surface area contributed by atoms with Gasteiger partial charge in [-0.2, -0.15) is 0 Å². The number of methoxy groups -OCH3 is 1. The highest BCUT2D eigenvalue weighted by Crippen LogP contribution is 2.18. The second-order valence-corrected chi connectivity index (χ2v) is 8.62. The normalized spacial score (nSPS) is 14.0. The Morgan fingerprint density at radius 3 is 2.50 bits per heavy atom. The van der Waals surface area contributed by atoms with Crippen molar-refractivity contribution >= 4 is 28.5 Å². The van der Waals surface area contributed by atoms with Crippen molar-refractivity contribution in [3.05, 3.63) is 64.6 Å².